The lowest BCUT2D eigenvalue weighted by Gasteiger charge is -2.40. The number of hydrogen-bond acceptors (Lipinski definition) is 2. The molecule has 1 saturated heterocycles. The van der Waals surface area contributed by atoms with Crippen LogP contribution in [0.4, 0.5) is 5.69 Å². The summed E-state index contributed by atoms with van der Waals surface area (Å²) in [6, 6.07) is 9.74. The Labute approximate surface area is 111 Å². The number of carbonyl (C=O) groups is 1. The number of para-hydroxylation sites is 1. The van der Waals surface area contributed by atoms with Gasteiger partial charge in [0.15, 0.2) is 5.11 Å². The maximum atomic E-state index is 12.5. The molecule has 3 nitrogen and oxygen atoms in total. The third-order valence-corrected chi connectivity index (χ3v) is 3.80. The van der Waals surface area contributed by atoms with Gasteiger partial charge < -0.3 is 5.32 Å². The van der Waals surface area contributed by atoms with Gasteiger partial charge in [0, 0.05) is 6.04 Å². The molecule has 0 bridgehead atoms. The van der Waals surface area contributed by atoms with Gasteiger partial charge in [-0.05, 0) is 37.2 Å². The Morgan fingerprint density at radius 2 is 1.89 bits per heavy atom. The van der Waals surface area contributed by atoms with E-state index < -0.39 is 0 Å². The molecule has 2 atom stereocenters. The topological polar surface area (TPSA) is 32.3 Å². The molecule has 0 spiro atoms. The first kappa shape index (κ1) is 11.4. The second kappa shape index (κ2) is 4.53. The van der Waals surface area contributed by atoms with E-state index in [1.807, 2.05) is 30.3 Å². The van der Waals surface area contributed by atoms with E-state index in [1.54, 1.807) is 4.90 Å². The minimum Gasteiger partial charge on any atom is -0.358 e. The number of anilines is 1. The predicted octanol–water partition coefficient (Wildman–Crippen LogP) is 2.24. The van der Waals surface area contributed by atoms with Crippen molar-refractivity contribution in [3.05, 3.63) is 42.5 Å². The van der Waals surface area contributed by atoms with Crippen LogP contribution in [0.25, 0.3) is 0 Å². The first-order chi connectivity index (χ1) is 8.77. The molecule has 1 amide bonds. The average molecular weight is 258 g/mol. The number of benzene rings is 1. The summed E-state index contributed by atoms with van der Waals surface area (Å²) in [5, 5.41) is 3.80. The fourth-order valence-corrected chi connectivity index (χ4v) is 2.90. The molecule has 92 valence electrons. The first-order valence-corrected chi connectivity index (χ1v) is 6.53. The van der Waals surface area contributed by atoms with Gasteiger partial charge in [-0.1, -0.05) is 30.4 Å². The van der Waals surface area contributed by atoms with Crippen LogP contribution in [-0.2, 0) is 4.79 Å². The normalized spacial score (nSPS) is 26.8. The molecule has 1 heterocycles. The van der Waals surface area contributed by atoms with Crippen molar-refractivity contribution in [2.75, 3.05) is 4.90 Å². The van der Waals surface area contributed by atoms with Crippen LogP contribution in [-0.4, -0.2) is 17.1 Å². The van der Waals surface area contributed by atoms with Crippen molar-refractivity contribution < 1.29 is 4.79 Å². The maximum absolute atomic E-state index is 12.5. The van der Waals surface area contributed by atoms with E-state index >= 15 is 0 Å². The summed E-state index contributed by atoms with van der Waals surface area (Å²) in [6.45, 7) is 0. The van der Waals surface area contributed by atoms with Gasteiger partial charge in [0.1, 0.15) is 0 Å². The van der Waals surface area contributed by atoms with Crippen LogP contribution >= 0.6 is 12.2 Å². The number of nitrogens with zero attached hydrogens (tertiary/aromatic N) is 1. The van der Waals surface area contributed by atoms with E-state index in [0.717, 1.165) is 18.5 Å². The smallest absolute Gasteiger partial charge is 0.238 e. The molecule has 1 N–H and O–H groups in total. The molecule has 0 radical (unpaired) electrons. The number of rotatable bonds is 1. The predicted molar refractivity (Wildman–Crippen MR) is 75.3 cm³/mol. The Kier molecular flexibility index (Phi) is 2.88. The van der Waals surface area contributed by atoms with Crippen molar-refractivity contribution in [1.82, 2.24) is 5.32 Å². The first-order valence-electron chi connectivity index (χ1n) is 6.12. The van der Waals surface area contributed by atoms with Crippen molar-refractivity contribution in [2.24, 2.45) is 5.92 Å². The number of fused-ring (bicyclic) bond motifs is 1. The van der Waals surface area contributed by atoms with Crippen molar-refractivity contribution in [1.29, 1.82) is 0 Å². The molecule has 1 fully saturated rings. The fraction of sp³-hybridized carbons (Fsp3) is 0.286. The van der Waals surface area contributed by atoms with Crippen LogP contribution in [0.2, 0.25) is 0 Å². The van der Waals surface area contributed by atoms with Crippen molar-refractivity contribution in [2.45, 2.75) is 18.9 Å². The standard InChI is InChI=1S/C14H14N2OS/c17-13-11-8-4-5-9-12(11)15-14(18)16(13)10-6-2-1-3-7-10/h1-7,11-12H,8-9H2,(H,15,18)/t11-,12+/m1/s1. The number of hydrogen-bond donors (Lipinski definition) is 1. The molecule has 1 aliphatic heterocycles. The van der Waals surface area contributed by atoms with E-state index in [-0.39, 0.29) is 17.9 Å². The lowest BCUT2D eigenvalue weighted by molar-refractivity contribution is -0.122. The summed E-state index contributed by atoms with van der Waals surface area (Å²) < 4.78 is 0. The Bertz CT molecular complexity index is 512. The highest BCUT2D eigenvalue weighted by molar-refractivity contribution is 7.80. The summed E-state index contributed by atoms with van der Waals surface area (Å²) in [6.07, 6.45) is 5.86. The Hall–Kier alpha value is -1.68. The number of allylic oxidation sites excluding steroid dienone is 1. The average Bonchev–Trinajstić information content (AvgIpc) is 2.40. The van der Waals surface area contributed by atoms with Crippen molar-refractivity contribution in [3.63, 3.8) is 0 Å². The Balaban J connectivity index is 1.94. The second-order valence-corrected chi connectivity index (χ2v) is 5.00. The minimum atomic E-state index is 0.00176. The van der Waals surface area contributed by atoms with Crippen LogP contribution in [0.5, 0.6) is 0 Å². The summed E-state index contributed by atoms with van der Waals surface area (Å²) in [5.41, 5.74) is 0.841. The van der Waals surface area contributed by atoms with E-state index in [0.29, 0.717) is 5.11 Å². The van der Waals surface area contributed by atoms with Crippen LogP contribution in [0.3, 0.4) is 0 Å². The van der Waals surface area contributed by atoms with Crippen LogP contribution in [0.1, 0.15) is 12.8 Å². The molecule has 4 heteroatoms. The zero-order valence-corrected chi connectivity index (χ0v) is 10.7. The molecule has 1 aliphatic carbocycles. The van der Waals surface area contributed by atoms with Gasteiger partial charge in [-0.3, -0.25) is 9.69 Å². The van der Waals surface area contributed by atoms with Gasteiger partial charge >= 0.3 is 0 Å². The van der Waals surface area contributed by atoms with Crippen molar-refractivity contribution in [3.8, 4) is 0 Å². The second-order valence-electron chi connectivity index (χ2n) is 4.61. The molecule has 0 aromatic heterocycles. The molecule has 18 heavy (non-hydrogen) atoms. The van der Waals surface area contributed by atoms with Gasteiger partial charge in [0.2, 0.25) is 5.91 Å². The van der Waals surface area contributed by atoms with Gasteiger partial charge in [-0.25, -0.2) is 0 Å². The molecule has 0 saturated carbocycles. The third-order valence-electron chi connectivity index (χ3n) is 3.50. The summed E-state index contributed by atoms with van der Waals surface area (Å²) in [7, 11) is 0. The molecular formula is C14H14N2OS. The van der Waals surface area contributed by atoms with Crippen LogP contribution in [0, 0.1) is 5.92 Å². The zero-order chi connectivity index (χ0) is 12.5. The summed E-state index contributed by atoms with van der Waals surface area (Å²) in [4.78, 5) is 14.2. The minimum absolute atomic E-state index is 0.00176. The Morgan fingerprint density at radius 1 is 1.17 bits per heavy atom. The summed E-state index contributed by atoms with van der Waals surface area (Å²) in [5.74, 6) is 0.112. The van der Waals surface area contributed by atoms with Gasteiger partial charge in [-0.2, -0.15) is 0 Å². The van der Waals surface area contributed by atoms with Gasteiger partial charge in [-0.15, -0.1) is 0 Å². The van der Waals surface area contributed by atoms with Crippen molar-refractivity contribution >= 4 is 28.9 Å². The molecule has 1 aromatic carbocycles. The molecule has 0 unspecified atom stereocenters. The molecule has 1 aromatic rings. The number of carbonyl (C=O) groups excluding carboxylic acids is 1. The van der Waals surface area contributed by atoms with Gasteiger partial charge in [0.25, 0.3) is 0 Å². The number of nitrogens with one attached hydrogen (secondary N) is 1. The fourth-order valence-electron chi connectivity index (χ4n) is 2.56. The van der Waals surface area contributed by atoms with E-state index in [9.17, 15) is 4.79 Å². The summed E-state index contributed by atoms with van der Waals surface area (Å²) >= 11 is 5.32. The van der Waals surface area contributed by atoms with Crippen LogP contribution < -0.4 is 10.2 Å². The van der Waals surface area contributed by atoms with E-state index in [2.05, 4.69) is 17.5 Å². The maximum Gasteiger partial charge on any atom is 0.238 e. The molecule has 3 rings (SSSR count). The van der Waals surface area contributed by atoms with Gasteiger partial charge in [0.05, 0.1) is 11.6 Å². The molecular weight excluding hydrogens is 244 g/mol. The van der Waals surface area contributed by atoms with E-state index in [1.165, 1.54) is 0 Å². The third kappa shape index (κ3) is 1.82. The zero-order valence-electron chi connectivity index (χ0n) is 9.87. The lowest BCUT2D eigenvalue weighted by atomic mass is 9.86. The quantitative estimate of drug-likeness (QED) is 0.619. The highest BCUT2D eigenvalue weighted by Crippen LogP contribution is 2.28. The highest BCUT2D eigenvalue weighted by Gasteiger charge is 2.39. The SMILES string of the molecule is O=C1[C@@H]2CC=CC[C@@H]2NC(=S)N1c1ccccc1. The lowest BCUT2D eigenvalue weighted by Crippen LogP contribution is -2.60. The van der Waals surface area contributed by atoms with E-state index in [4.69, 9.17) is 12.2 Å². The monoisotopic (exact) mass is 258 g/mol. The number of amides is 1. The largest absolute Gasteiger partial charge is 0.358 e. The highest BCUT2D eigenvalue weighted by atomic mass is 32.1. The van der Waals surface area contributed by atoms with Crippen LogP contribution in [0.15, 0.2) is 42.5 Å². The Morgan fingerprint density at radius 3 is 2.67 bits per heavy atom. The number of thiocarbonyl (C=S) groups is 1. The molecule has 2 aliphatic rings.